The van der Waals surface area contributed by atoms with Gasteiger partial charge in [-0.3, -0.25) is 14.5 Å². The number of carbonyl (C=O) groups excluding carboxylic acids is 2. The van der Waals surface area contributed by atoms with Crippen molar-refractivity contribution >= 4 is 11.8 Å². The van der Waals surface area contributed by atoms with Crippen LogP contribution in [-0.4, -0.2) is 29.8 Å². The van der Waals surface area contributed by atoms with Crippen molar-refractivity contribution in [1.29, 1.82) is 5.26 Å². The Hall–Kier alpha value is -2.26. The molecule has 0 aliphatic carbocycles. The molecule has 2 rings (SSSR count). The van der Waals surface area contributed by atoms with Crippen LogP contribution in [0.15, 0.2) is 18.2 Å². The summed E-state index contributed by atoms with van der Waals surface area (Å²) in [5.74, 6) is -1.08. The Morgan fingerprint density at radius 1 is 1.50 bits per heavy atom. The van der Waals surface area contributed by atoms with Crippen molar-refractivity contribution in [2.75, 3.05) is 7.05 Å². The van der Waals surface area contributed by atoms with Gasteiger partial charge in [-0.25, -0.2) is 4.39 Å². The van der Waals surface area contributed by atoms with Gasteiger partial charge in [-0.15, -0.1) is 0 Å². The third-order valence-electron chi connectivity index (χ3n) is 3.39. The van der Waals surface area contributed by atoms with Gasteiger partial charge in [-0.2, -0.15) is 5.26 Å². The van der Waals surface area contributed by atoms with Crippen molar-refractivity contribution < 1.29 is 14.0 Å². The largest absolute Gasteiger partial charge is 0.302 e. The lowest BCUT2D eigenvalue weighted by Gasteiger charge is -2.28. The SMILES string of the molecule is CN1C(=O)CCC(NCc2cccc(C#N)c2F)C1=O. The molecule has 104 valence electrons. The van der Waals surface area contributed by atoms with Gasteiger partial charge in [-0.05, 0) is 12.5 Å². The minimum atomic E-state index is -0.574. The zero-order valence-corrected chi connectivity index (χ0v) is 11.0. The Kier molecular flexibility index (Phi) is 4.11. The first kappa shape index (κ1) is 14.2. The van der Waals surface area contributed by atoms with Gasteiger partial charge in [0.2, 0.25) is 11.8 Å². The molecule has 6 heteroatoms. The van der Waals surface area contributed by atoms with Gasteiger partial charge in [0.05, 0.1) is 11.6 Å². The van der Waals surface area contributed by atoms with E-state index in [0.29, 0.717) is 18.4 Å². The second kappa shape index (κ2) is 5.80. The predicted molar refractivity (Wildman–Crippen MR) is 68.8 cm³/mol. The summed E-state index contributed by atoms with van der Waals surface area (Å²) in [4.78, 5) is 24.3. The minimum Gasteiger partial charge on any atom is -0.302 e. The molecule has 1 aromatic rings. The summed E-state index contributed by atoms with van der Waals surface area (Å²) < 4.78 is 13.9. The molecule has 0 saturated carbocycles. The zero-order valence-electron chi connectivity index (χ0n) is 11.0. The highest BCUT2D eigenvalue weighted by Gasteiger charge is 2.31. The molecule has 1 aromatic carbocycles. The van der Waals surface area contributed by atoms with Crippen LogP contribution in [0.5, 0.6) is 0 Å². The van der Waals surface area contributed by atoms with Gasteiger partial charge in [0, 0.05) is 25.6 Å². The third kappa shape index (κ3) is 2.68. The number of halogens is 1. The molecule has 1 atom stereocenters. The van der Waals surface area contributed by atoms with Crippen LogP contribution in [0.4, 0.5) is 4.39 Å². The van der Waals surface area contributed by atoms with E-state index < -0.39 is 11.9 Å². The molecule has 1 aliphatic heterocycles. The van der Waals surface area contributed by atoms with Crippen LogP contribution < -0.4 is 5.32 Å². The molecule has 1 aliphatic rings. The second-order valence-electron chi connectivity index (χ2n) is 4.65. The van der Waals surface area contributed by atoms with Crippen LogP contribution in [0.1, 0.15) is 24.0 Å². The summed E-state index contributed by atoms with van der Waals surface area (Å²) in [7, 11) is 1.44. The fraction of sp³-hybridized carbons (Fsp3) is 0.357. The van der Waals surface area contributed by atoms with Gasteiger partial charge in [0.25, 0.3) is 0 Å². The molecule has 0 aromatic heterocycles. The monoisotopic (exact) mass is 275 g/mol. The Balaban J connectivity index is 2.05. The van der Waals surface area contributed by atoms with E-state index in [1.165, 1.54) is 13.1 Å². The predicted octanol–water partition coefficient (Wildman–Crippen LogP) is 0.934. The maximum Gasteiger partial charge on any atom is 0.246 e. The van der Waals surface area contributed by atoms with Crippen molar-refractivity contribution in [3.63, 3.8) is 0 Å². The molecule has 5 nitrogen and oxygen atoms in total. The highest BCUT2D eigenvalue weighted by molar-refractivity contribution is 6.00. The van der Waals surface area contributed by atoms with E-state index >= 15 is 0 Å². The molecular weight excluding hydrogens is 261 g/mol. The topological polar surface area (TPSA) is 73.2 Å². The van der Waals surface area contributed by atoms with Crippen LogP contribution in [0.25, 0.3) is 0 Å². The summed E-state index contributed by atoms with van der Waals surface area (Å²) in [5, 5.41) is 11.7. The van der Waals surface area contributed by atoms with Gasteiger partial charge in [-0.1, -0.05) is 12.1 Å². The van der Waals surface area contributed by atoms with Crippen molar-refractivity contribution in [2.24, 2.45) is 0 Å². The lowest BCUT2D eigenvalue weighted by Crippen LogP contribution is -2.51. The number of piperidine rings is 1. The van der Waals surface area contributed by atoms with E-state index in [4.69, 9.17) is 5.26 Å². The highest BCUT2D eigenvalue weighted by Crippen LogP contribution is 2.15. The molecule has 1 heterocycles. The molecule has 0 spiro atoms. The van der Waals surface area contributed by atoms with Gasteiger partial charge in [0.1, 0.15) is 11.9 Å². The van der Waals surface area contributed by atoms with E-state index in [0.717, 1.165) is 4.90 Å². The number of hydrogen-bond acceptors (Lipinski definition) is 4. The molecule has 0 radical (unpaired) electrons. The molecular formula is C14H14FN3O2. The average Bonchev–Trinajstić information content (AvgIpc) is 2.45. The quantitative estimate of drug-likeness (QED) is 0.833. The van der Waals surface area contributed by atoms with Crippen molar-refractivity contribution in [1.82, 2.24) is 10.2 Å². The summed E-state index contributed by atoms with van der Waals surface area (Å²) >= 11 is 0. The number of likely N-dealkylation sites (tertiary alicyclic amines) is 1. The summed E-state index contributed by atoms with van der Waals surface area (Å²) in [6.07, 6.45) is 0.697. The van der Waals surface area contributed by atoms with Gasteiger partial charge >= 0.3 is 0 Å². The number of imide groups is 1. The van der Waals surface area contributed by atoms with Crippen LogP contribution in [0.3, 0.4) is 0 Å². The zero-order chi connectivity index (χ0) is 14.7. The molecule has 20 heavy (non-hydrogen) atoms. The number of amides is 2. The summed E-state index contributed by atoms with van der Waals surface area (Å²) in [5.41, 5.74) is 0.308. The normalized spacial score (nSPS) is 19.1. The smallest absolute Gasteiger partial charge is 0.246 e. The summed E-state index contributed by atoms with van der Waals surface area (Å²) in [6, 6.07) is 5.83. The fourth-order valence-electron chi connectivity index (χ4n) is 2.14. The Morgan fingerprint density at radius 3 is 2.95 bits per heavy atom. The standard InChI is InChI=1S/C14H14FN3O2/c1-18-12(19)6-5-11(14(18)20)17-8-10-4-2-3-9(7-16)13(10)15/h2-4,11,17H,5-6,8H2,1H3. The minimum absolute atomic E-state index is 0.0217. The summed E-state index contributed by atoms with van der Waals surface area (Å²) in [6.45, 7) is 0.139. The average molecular weight is 275 g/mol. The molecule has 1 fully saturated rings. The fourth-order valence-corrected chi connectivity index (χ4v) is 2.14. The number of benzene rings is 1. The van der Waals surface area contributed by atoms with Gasteiger partial charge in [0.15, 0.2) is 0 Å². The molecule has 1 N–H and O–H groups in total. The molecule has 2 amide bonds. The first-order chi connectivity index (χ1) is 9.54. The van der Waals surface area contributed by atoms with E-state index in [1.807, 2.05) is 0 Å². The number of hydrogen-bond donors (Lipinski definition) is 1. The van der Waals surface area contributed by atoms with Crippen molar-refractivity contribution in [3.8, 4) is 6.07 Å². The number of carbonyl (C=O) groups is 2. The number of nitrogens with zero attached hydrogens (tertiary/aromatic N) is 2. The van der Waals surface area contributed by atoms with Crippen molar-refractivity contribution in [3.05, 3.63) is 35.1 Å². The van der Waals surface area contributed by atoms with E-state index in [2.05, 4.69) is 5.32 Å². The number of rotatable bonds is 3. The Morgan fingerprint density at radius 2 is 2.25 bits per heavy atom. The molecule has 1 unspecified atom stereocenters. The maximum absolute atomic E-state index is 13.9. The third-order valence-corrected chi connectivity index (χ3v) is 3.39. The number of nitriles is 1. The van der Waals surface area contributed by atoms with Crippen LogP contribution in [0, 0.1) is 17.1 Å². The molecule has 1 saturated heterocycles. The van der Waals surface area contributed by atoms with Crippen molar-refractivity contribution in [2.45, 2.75) is 25.4 Å². The van der Waals surface area contributed by atoms with Crippen LogP contribution in [0.2, 0.25) is 0 Å². The number of likely N-dealkylation sites (N-methyl/N-ethyl adjacent to an activating group) is 1. The van der Waals surface area contributed by atoms with E-state index in [-0.39, 0.29) is 23.9 Å². The Labute approximate surface area is 116 Å². The van der Waals surface area contributed by atoms with Gasteiger partial charge < -0.3 is 5.32 Å². The van der Waals surface area contributed by atoms with Crippen LogP contribution in [-0.2, 0) is 16.1 Å². The second-order valence-corrected chi connectivity index (χ2v) is 4.65. The van der Waals surface area contributed by atoms with E-state index in [1.54, 1.807) is 18.2 Å². The lowest BCUT2D eigenvalue weighted by molar-refractivity contribution is -0.148. The highest BCUT2D eigenvalue weighted by atomic mass is 19.1. The Bertz CT molecular complexity index is 595. The number of nitrogens with one attached hydrogen (secondary N) is 1. The molecule has 0 bridgehead atoms. The van der Waals surface area contributed by atoms with Crippen LogP contribution >= 0.6 is 0 Å². The lowest BCUT2D eigenvalue weighted by atomic mass is 10.0. The maximum atomic E-state index is 13.9. The first-order valence-corrected chi connectivity index (χ1v) is 6.26. The van der Waals surface area contributed by atoms with E-state index in [9.17, 15) is 14.0 Å². The first-order valence-electron chi connectivity index (χ1n) is 6.26.